The summed E-state index contributed by atoms with van der Waals surface area (Å²) in [6.07, 6.45) is 5.64. The van der Waals surface area contributed by atoms with Crippen molar-refractivity contribution in [3.8, 4) is 5.75 Å². The minimum atomic E-state index is -0.278. The maximum Gasteiger partial charge on any atom is 0.262 e. The molecule has 0 atom stereocenters. The van der Waals surface area contributed by atoms with Crippen molar-refractivity contribution in [1.29, 1.82) is 0 Å². The predicted octanol–water partition coefficient (Wildman–Crippen LogP) is 2.35. The van der Waals surface area contributed by atoms with Crippen LogP contribution in [0.1, 0.15) is 29.2 Å². The highest BCUT2D eigenvalue weighted by Gasteiger charge is 2.25. The van der Waals surface area contributed by atoms with Crippen LogP contribution in [0.15, 0.2) is 36.8 Å². The maximum atomic E-state index is 12.5. The molecule has 8 nitrogen and oxygen atoms in total. The number of fused-ring (bicyclic) bond motifs is 2. The molecule has 1 aliphatic heterocycles. The van der Waals surface area contributed by atoms with E-state index in [1.165, 1.54) is 0 Å². The van der Waals surface area contributed by atoms with Gasteiger partial charge in [0.25, 0.3) is 11.8 Å². The lowest BCUT2D eigenvalue weighted by Crippen LogP contribution is -2.25. The lowest BCUT2D eigenvalue weighted by Gasteiger charge is -2.18. The van der Waals surface area contributed by atoms with Crippen molar-refractivity contribution in [3.05, 3.63) is 42.4 Å². The molecule has 1 saturated carbocycles. The summed E-state index contributed by atoms with van der Waals surface area (Å²) in [7, 11) is 0. The molecule has 2 aliphatic rings. The summed E-state index contributed by atoms with van der Waals surface area (Å²) < 4.78 is 7.43. The molecule has 0 radical (unpaired) electrons. The second kappa shape index (κ2) is 5.55. The highest BCUT2D eigenvalue weighted by Crippen LogP contribution is 2.36. The van der Waals surface area contributed by atoms with Crippen LogP contribution in [-0.4, -0.2) is 33.0 Å². The molecule has 26 heavy (non-hydrogen) atoms. The third kappa shape index (κ3) is 2.55. The minimum absolute atomic E-state index is 0.0331. The van der Waals surface area contributed by atoms with Crippen LogP contribution in [0.4, 0.5) is 11.4 Å². The zero-order chi connectivity index (χ0) is 17.7. The number of amides is 2. The van der Waals surface area contributed by atoms with Crippen LogP contribution in [0.5, 0.6) is 5.75 Å². The normalized spacial score (nSPS) is 15.9. The van der Waals surface area contributed by atoms with Crippen LogP contribution in [0.2, 0.25) is 0 Å². The van der Waals surface area contributed by atoms with Gasteiger partial charge in [0.15, 0.2) is 12.3 Å². The van der Waals surface area contributed by atoms with E-state index >= 15 is 0 Å². The van der Waals surface area contributed by atoms with Gasteiger partial charge in [-0.2, -0.15) is 0 Å². The summed E-state index contributed by atoms with van der Waals surface area (Å²) in [4.78, 5) is 32.6. The first-order valence-electron chi connectivity index (χ1n) is 8.38. The van der Waals surface area contributed by atoms with Crippen molar-refractivity contribution >= 4 is 34.4 Å². The zero-order valence-electron chi connectivity index (χ0n) is 13.7. The van der Waals surface area contributed by atoms with Gasteiger partial charge in [0.2, 0.25) is 0 Å². The minimum Gasteiger partial charge on any atom is -0.482 e. The molecular weight excluding hydrogens is 334 g/mol. The van der Waals surface area contributed by atoms with Gasteiger partial charge in [-0.15, -0.1) is 0 Å². The van der Waals surface area contributed by atoms with E-state index in [1.807, 2.05) is 0 Å². The Kier molecular flexibility index (Phi) is 3.18. The Labute approximate surface area is 148 Å². The van der Waals surface area contributed by atoms with E-state index in [1.54, 1.807) is 36.8 Å². The predicted molar refractivity (Wildman–Crippen MR) is 94.3 cm³/mol. The molecule has 0 saturated heterocycles. The first-order chi connectivity index (χ1) is 12.7. The van der Waals surface area contributed by atoms with Crippen LogP contribution in [0.25, 0.3) is 11.2 Å². The highest BCUT2D eigenvalue weighted by atomic mass is 16.5. The molecule has 5 rings (SSSR count). The summed E-state index contributed by atoms with van der Waals surface area (Å²) in [5.41, 5.74) is 3.12. The molecular formula is C18H15N5O3. The number of anilines is 2. The fourth-order valence-electron chi connectivity index (χ4n) is 3.02. The molecule has 130 valence electrons. The number of hydrogen-bond acceptors (Lipinski definition) is 5. The van der Waals surface area contributed by atoms with Crippen LogP contribution in [0.3, 0.4) is 0 Å². The standard InChI is InChI=1S/C18H15N5O3/c24-16-8-26-15-6-11(1-4-13(15)22-16)21-18(25)10-5-14-17(19-7-10)23(9-20-14)12-2-3-12/h1,4-7,9,12H,2-3,8H2,(H,21,25)(H,22,24). The van der Waals surface area contributed by atoms with Gasteiger partial charge >= 0.3 is 0 Å². The van der Waals surface area contributed by atoms with Gasteiger partial charge in [-0.3, -0.25) is 9.59 Å². The van der Waals surface area contributed by atoms with Crippen LogP contribution < -0.4 is 15.4 Å². The number of carbonyl (C=O) groups excluding carboxylic acids is 2. The van der Waals surface area contributed by atoms with Gasteiger partial charge in [0.1, 0.15) is 11.3 Å². The number of carbonyl (C=O) groups is 2. The number of imidazole rings is 1. The van der Waals surface area contributed by atoms with Crippen molar-refractivity contribution in [3.63, 3.8) is 0 Å². The molecule has 0 unspecified atom stereocenters. The Morgan fingerprint density at radius 1 is 1.27 bits per heavy atom. The number of nitrogens with one attached hydrogen (secondary N) is 2. The first kappa shape index (κ1) is 14.9. The SMILES string of the molecule is O=C1COc2cc(NC(=O)c3cnc4c(c3)ncn4C3CC3)ccc2N1. The average molecular weight is 349 g/mol. The number of hydrogen-bond donors (Lipinski definition) is 2. The second-order valence-corrected chi connectivity index (χ2v) is 6.45. The van der Waals surface area contributed by atoms with Gasteiger partial charge in [-0.1, -0.05) is 0 Å². The van der Waals surface area contributed by atoms with Gasteiger partial charge in [0.05, 0.1) is 17.6 Å². The number of rotatable bonds is 3. The van der Waals surface area contributed by atoms with E-state index in [2.05, 4.69) is 25.2 Å². The summed E-state index contributed by atoms with van der Waals surface area (Å²) in [6.45, 7) is -0.0331. The summed E-state index contributed by atoms with van der Waals surface area (Å²) in [5, 5.41) is 5.53. The van der Waals surface area contributed by atoms with Crippen LogP contribution >= 0.6 is 0 Å². The van der Waals surface area contributed by atoms with Crippen LogP contribution in [-0.2, 0) is 4.79 Å². The fourth-order valence-corrected chi connectivity index (χ4v) is 3.02. The molecule has 3 heterocycles. The smallest absolute Gasteiger partial charge is 0.262 e. The lowest BCUT2D eigenvalue weighted by molar-refractivity contribution is -0.118. The topological polar surface area (TPSA) is 98.1 Å². The number of nitrogens with zero attached hydrogens (tertiary/aromatic N) is 3. The Morgan fingerprint density at radius 3 is 3.00 bits per heavy atom. The molecule has 2 aromatic heterocycles. The molecule has 1 aliphatic carbocycles. The number of ether oxygens (including phenoxy) is 1. The van der Waals surface area contributed by atoms with E-state index in [0.29, 0.717) is 34.2 Å². The zero-order valence-corrected chi connectivity index (χ0v) is 13.7. The third-order valence-corrected chi connectivity index (χ3v) is 4.49. The van der Waals surface area contributed by atoms with E-state index < -0.39 is 0 Å². The molecule has 1 aromatic carbocycles. The second-order valence-electron chi connectivity index (χ2n) is 6.45. The molecule has 8 heteroatoms. The number of benzene rings is 1. The summed E-state index contributed by atoms with van der Waals surface area (Å²) in [6, 6.07) is 7.31. The molecule has 2 amide bonds. The largest absolute Gasteiger partial charge is 0.482 e. The van der Waals surface area contributed by atoms with E-state index in [4.69, 9.17) is 4.74 Å². The van der Waals surface area contributed by atoms with Gasteiger partial charge < -0.3 is 19.9 Å². The molecule has 1 fully saturated rings. The number of aromatic nitrogens is 3. The highest BCUT2D eigenvalue weighted by molar-refractivity contribution is 6.06. The Morgan fingerprint density at radius 2 is 2.15 bits per heavy atom. The van der Waals surface area contributed by atoms with Crippen molar-refractivity contribution in [2.75, 3.05) is 17.2 Å². The van der Waals surface area contributed by atoms with Crippen molar-refractivity contribution in [1.82, 2.24) is 14.5 Å². The van der Waals surface area contributed by atoms with Gasteiger partial charge in [-0.25, -0.2) is 9.97 Å². The summed E-state index contributed by atoms with van der Waals surface area (Å²) in [5.74, 6) is 0.0543. The van der Waals surface area contributed by atoms with Crippen molar-refractivity contribution in [2.24, 2.45) is 0 Å². The van der Waals surface area contributed by atoms with Crippen molar-refractivity contribution in [2.45, 2.75) is 18.9 Å². The molecule has 2 N–H and O–H groups in total. The Balaban J connectivity index is 1.38. The fraction of sp³-hybridized carbons (Fsp3) is 0.222. The summed E-state index contributed by atoms with van der Waals surface area (Å²) >= 11 is 0. The Hall–Kier alpha value is -3.42. The lowest BCUT2D eigenvalue weighted by atomic mass is 10.2. The van der Waals surface area contributed by atoms with E-state index in [9.17, 15) is 9.59 Å². The Bertz CT molecular complexity index is 1050. The number of pyridine rings is 1. The molecule has 3 aromatic rings. The monoisotopic (exact) mass is 349 g/mol. The van der Waals surface area contributed by atoms with Crippen LogP contribution in [0, 0.1) is 0 Å². The molecule has 0 bridgehead atoms. The van der Waals surface area contributed by atoms with E-state index in [0.717, 1.165) is 18.5 Å². The van der Waals surface area contributed by atoms with Crippen molar-refractivity contribution < 1.29 is 14.3 Å². The maximum absolute atomic E-state index is 12.5. The van der Waals surface area contributed by atoms with E-state index in [-0.39, 0.29) is 18.4 Å². The van der Waals surface area contributed by atoms with Gasteiger partial charge in [-0.05, 0) is 31.0 Å². The first-order valence-corrected chi connectivity index (χ1v) is 8.38. The average Bonchev–Trinajstić information content (AvgIpc) is 3.40. The quantitative estimate of drug-likeness (QED) is 0.756. The third-order valence-electron chi connectivity index (χ3n) is 4.49. The molecule has 0 spiro atoms. The van der Waals surface area contributed by atoms with Gasteiger partial charge in [0, 0.05) is 24.0 Å².